The van der Waals surface area contributed by atoms with E-state index in [-0.39, 0.29) is 5.41 Å². The summed E-state index contributed by atoms with van der Waals surface area (Å²) >= 11 is 0. The van der Waals surface area contributed by atoms with Gasteiger partial charge in [0.15, 0.2) is 0 Å². The average Bonchev–Trinajstić information content (AvgIpc) is 2.14. The van der Waals surface area contributed by atoms with Crippen molar-refractivity contribution >= 4 is 10.1 Å². The number of rotatable bonds is 0. The maximum Gasteiger partial charge on any atom is 0.522 e. The second kappa shape index (κ2) is 5.79. The van der Waals surface area contributed by atoms with Gasteiger partial charge in [0.2, 0.25) is 0 Å². The molecule has 1 aromatic carbocycles. The molecule has 0 spiro atoms. The Balaban J connectivity index is 0.000000362. The molecule has 19 heavy (non-hydrogen) atoms. The van der Waals surface area contributed by atoms with Crippen molar-refractivity contribution in [2.24, 2.45) is 0 Å². The molecule has 0 aliphatic heterocycles. The molecule has 0 aliphatic carbocycles. The van der Waals surface area contributed by atoms with Crippen molar-refractivity contribution in [1.29, 1.82) is 0 Å². The van der Waals surface area contributed by atoms with Crippen molar-refractivity contribution in [3.05, 3.63) is 29.8 Å². The summed E-state index contributed by atoms with van der Waals surface area (Å²) in [5.41, 5.74) is -4.11. The van der Waals surface area contributed by atoms with Gasteiger partial charge in [-0.2, -0.15) is 21.6 Å². The van der Waals surface area contributed by atoms with Crippen molar-refractivity contribution in [2.45, 2.75) is 31.7 Å². The second-order valence-corrected chi connectivity index (χ2v) is 6.13. The van der Waals surface area contributed by atoms with Crippen LogP contribution in [0.3, 0.4) is 0 Å². The van der Waals surface area contributed by atoms with E-state index in [1.165, 1.54) is 5.56 Å². The lowest BCUT2D eigenvalue weighted by Gasteiger charge is -2.18. The third-order valence-corrected chi connectivity index (χ3v) is 2.61. The van der Waals surface area contributed by atoms with Gasteiger partial charge in [0.25, 0.3) is 0 Å². The molecule has 0 amide bonds. The number of hydrogen-bond donors (Lipinski definition) is 2. The van der Waals surface area contributed by atoms with Gasteiger partial charge in [-0.25, -0.2) is 0 Å². The van der Waals surface area contributed by atoms with Crippen LogP contribution in [0, 0.1) is 0 Å². The third kappa shape index (κ3) is 6.44. The zero-order chi connectivity index (χ0) is 15.5. The average molecular weight is 300 g/mol. The molecule has 8 heteroatoms. The summed E-state index contributed by atoms with van der Waals surface area (Å²) in [6.07, 6.45) is 0. The molecule has 0 saturated carbocycles. The van der Waals surface area contributed by atoms with Gasteiger partial charge in [0.05, 0.1) is 0 Å². The Labute approximate surface area is 109 Å². The number of phenolic OH excluding ortho intramolecular Hbond substituents is 1. The quantitative estimate of drug-likeness (QED) is 0.570. The first-order valence-corrected chi connectivity index (χ1v) is 6.52. The fraction of sp³-hybridized carbons (Fsp3) is 0.455. The molecule has 1 rings (SSSR count). The highest BCUT2D eigenvalue weighted by atomic mass is 32.2. The molecule has 0 aliphatic rings. The van der Waals surface area contributed by atoms with Crippen molar-refractivity contribution in [2.75, 3.05) is 0 Å². The monoisotopic (exact) mass is 300 g/mol. The van der Waals surface area contributed by atoms with E-state index in [0.29, 0.717) is 5.75 Å². The smallest absolute Gasteiger partial charge is 0.508 e. The lowest BCUT2D eigenvalue weighted by molar-refractivity contribution is -0.0510. The molecule has 110 valence electrons. The Hall–Kier alpha value is -1.28. The maximum atomic E-state index is 10.7. The predicted molar refractivity (Wildman–Crippen MR) is 64.4 cm³/mol. The van der Waals surface area contributed by atoms with Crippen LogP contribution in [-0.4, -0.2) is 23.6 Å². The lowest BCUT2D eigenvalue weighted by atomic mass is 9.87. The molecule has 4 nitrogen and oxygen atoms in total. The van der Waals surface area contributed by atoms with E-state index < -0.39 is 15.6 Å². The molecule has 1 aromatic rings. The fourth-order valence-corrected chi connectivity index (χ4v) is 0.961. The van der Waals surface area contributed by atoms with E-state index in [4.69, 9.17) is 18.1 Å². The molecule has 0 fully saturated rings. The van der Waals surface area contributed by atoms with Crippen LogP contribution in [-0.2, 0) is 15.5 Å². The van der Waals surface area contributed by atoms with E-state index in [1.807, 2.05) is 12.1 Å². The van der Waals surface area contributed by atoms with E-state index in [0.717, 1.165) is 0 Å². The first-order chi connectivity index (χ1) is 8.25. The molecule has 0 heterocycles. The van der Waals surface area contributed by atoms with Crippen LogP contribution in [0.25, 0.3) is 0 Å². The molecule has 0 bridgehead atoms. The second-order valence-electron chi connectivity index (χ2n) is 4.72. The van der Waals surface area contributed by atoms with Gasteiger partial charge in [-0.1, -0.05) is 32.9 Å². The number of hydrogen-bond acceptors (Lipinski definition) is 3. The Kier molecular flexibility index (Phi) is 5.40. The molecule has 0 saturated heterocycles. The van der Waals surface area contributed by atoms with Crippen molar-refractivity contribution in [3.8, 4) is 5.75 Å². The lowest BCUT2D eigenvalue weighted by Crippen LogP contribution is -2.21. The van der Waals surface area contributed by atoms with E-state index in [1.54, 1.807) is 12.1 Å². The minimum atomic E-state index is -5.84. The summed E-state index contributed by atoms with van der Waals surface area (Å²) in [5.74, 6) is 0.331. The van der Waals surface area contributed by atoms with Crippen LogP contribution in [0.5, 0.6) is 5.75 Å². The summed E-state index contributed by atoms with van der Waals surface area (Å²) in [7, 11) is -5.84. The largest absolute Gasteiger partial charge is 0.522 e. The van der Waals surface area contributed by atoms with Crippen LogP contribution >= 0.6 is 0 Å². The highest BCUT2D eigenvalue weighted by molar-refractivity contribution is 7.86. The number of halogens is 3. The van der Waals surface area contributed by atoms with Crippen LogP contribution in [0.1, 0.15) is 26.3 Å². The Morgan fingerprint density at radius 1 is 1.00 bits per heavy atom. The van der Waals surface area contributed by atoms with E-state index >= 15 is 0 Å². The zero-order valence-electron chi connectivity index (χ0n) is 10.6. The van der Waals surface area contributed by atoms with Gasteiger partial charge in [0.1, 0.15) is 5.75 Å². The van der Waals surface area contributed by atoms with Gasteiger partial charge in [-0.3, -0.25) is 4.55 Å². The van der Waals surface area contributed by atoms with E-state index in [9.17, 15) is 13.2 Å². The summed E-state index contributed by atoms with van der Waals surface area (Å²) in [4.78, 5) is 0. The first kappa shape index (κ1) is 17.7. The fourth-order valence-electron chi connectivity index (χ4n) is 0.961. The zero-order valence-corrected chi connectivity index (χ0v) is 11.4. The number of alkyl halides is 3. The van der Waals surface area contributed by atoms with Gasteiger partial charge >= 0.3 is 15.6 Å². The number of aromatic hydroxyl groups is 1. The molecule has 2 N–H and O–H groups in total. The SMILES string of the molecule is CC(C)(C)c1ccc(O)cc1.O=S(=O)(O)C(F)(F)F. The third-order valence-electron chi connectivity index (χ3n) is 2.03. The van der Waals surface area contributed by atoms with Crippen molar-refractivity contribution in [3.63, 3.8) is 0 Å². The van der Waals surface area contributed by atoms with Crippen molar-refractivity contribution in [1.82, 2.24) is 0 Å². The van der Waals surface area contributed by atoms with Gasteiger partial charge in [-0.15, -0.1) is 0 Å². The number of phenols is 1. The molecular weight excluding hydrogens is 285 g/mol. The minimum absolute atomic E-state index is 0.174. The topological polar surface area (TPSA) is 74.6 Å². The van der Waals surface area contributed by atoms with Crippen LogP contribution in [0.2, 0.25) is 0 Å². The predicted octanol–water partition coefficient (Wildman–Crippen LogP) is 3.08. The number of benzene rings is 1. The Morgan fingerprint density at radius 3 is 1.53 bits per heavy atom. The van der Waals surface area contributed by atoms with Gasteiger partial charge < -0.3 is 5.11 Å². The molecule has 0 radical (unpaired) electrons. The standard InChI is InChI=1S/C10H14O.CHF3O3S/c1-10(2,3)8-4-6-9(11)7-5-8;2-1(3,4)8(5,6)7/h4-7,11H,1-3H3;(H,5,6,7). The Morgan fingerprint density at radius 2 is 1.32 bits per heavy atom. The molecule has 0 atom stereocenters. The van der Waals surface area contributed by atoms with Gasteiger partial charge in [-0.05, 0) is 23.1 Å². The Bertz CT molecular complexity index is 498. The van der Waals surface area contributed by atoms with Crippen LogP contribution in [0.15, 0.2) is 24.3 Å². The minimum Gasteiger partial charge on any atom is -0.508 e. The van der Waals surface area contributed by atoms with Crippen LogP contribution < -0.4 is 0 Å². The normalized spacial score (nSPS) is 12.6. The highest BCUT2D eigenvalue weighted by Gasteiger charge is 2.44. The summed E-state index contributed by atoms with van der Waals surface area (Å²) in [6.45, 7) is 6.46. The summed E-state index contributed by atoms with van der Waals surface area (Å²) < 4.78 is 57.5. The van der Waals surface area contributed by atoms with E-state index in [2.05, 4.69) is 20.8 Å². The maximum absolute atomic E-state index is 10.7. The molecule has 0 aromatic heterocycles. The summed E-state index contributed by atoms with van der Waals surface area (Å²) in [5, 5.41) is 9.02. The first-order valence-electron chi connectivity index (χ1n) is 5.08. The van der Waals surface area contributed by atoms with Crippen molar-refractivity contribution < 1.29 is 31.2 Å². The summed E-state index contributed by atoms with van der Waals surface area (Å²) in [6, 6.07) is 7.35. The highest BCUT2D eigenvalue weighted by Crippen LogP contribution is 2.23. The van der Waals surface area contributed by atoms with Gasteiger partial charge in [0, 0.05) is 0 Å². The molecular formula is C11H15F3O4S. The molecule has 0 unspecified atom stereocenters. The van der Waals surface area contributed by atoms with Crippen LogP contribution in [0.4, 0.5) is 13.2 Å².